The maximum Gasteiger partial charge on any atom is 0.302 e. The molecule has 0 aliphatic heterocycles. The molecule has 0 amide bonds. The van der Waals surface area contributed by atoms with Crippen molar-refractivity contribution >= 4 is 11.9 Å². The lowest BCUT2D eigenvalue weighted by Gasteiger charge is -2.36. The largest absolute Gasteiger partial charge is 0.462 e. The van der Waals surface area contributed by atoms with E-state index in [1.165, 1.54) is 25.0 Å². The predicted octanol–water partition coefficient (Wildman–Crippen LogP) is 3.32. The molecular formula is C17H24O4. The van der Waals surface area contributed by atoms with E-state index in [4.69, 9.17) is 9.47 Å². The average molecular weight is 292 g/mol. The van der Waals surface area contributed by atoms with E-state index < -0.39 is 0 Å². The van der Waals surface area contributed by atoms with Gasteiger partial charge in [-0.15, -0.1) is 0 Å². The molecule has 4 nitrogen and oxygen atoms in total. The van der Waals surface area contributed by atoms with Gasteiger partial charge in [-0.05, 0) is 38.5 Å². The van der Waals surface area contributed by atoms with Crippen molar-refractivity contribution in [2.75, 3.05) is 0 Å². The summed E-state index contributed by atoms with van der Waals surface area (Å²) in [5.74, 6) is -0.203. The van der Waals surface area contributed by atoms with Gasteiger partial charge in [-0.2, -0.15) is 0 Å². The fraction of sp³-hybridized carbons (Fsp3) is 0.647. The van der Waals surface area contributed by atoms with Gasteiger partial charge in [0.15, 0.2) is 0 Å². The third-order valence-electron chi connectivity index (χ3n) is 4.23. The van der Waals surface area contributed by atoms with E-state index in [0.717, 1.165) is 25.7 Å². The molecule has 0 aromatic carbocycles. The summed E-state index contributed by atoms with van der Waals surface area (Å²) < 4.78 is 10.8. The van der Waals surface area contributed by atoms with Gasteiger partial charge >= 0.3 is 11.9 Å². The van der Waals surface area contributed by atoms with Crippen LogP contribution in [0.5, 0.6) is 0 Å². The second-order valence-electron chi connectivity index (χ2n) is 6.02. The zero-order valence-corrected chi connectivity index (χ0v) is 13.1. The van der Waals surface area contributed by atoms with E-state index in [0.29, 0.717) is 12.3 Å². The molecule has 1 fully saturated rings. The highest BCUT2D eigenvalue weighted by atomic mass is 16.6. The summed E-state index contributed by atoms with van der Waals surface area (Å²) in [5.41, 5.74) is 2.72. The van der Waals surface area contributed by atoms with Crippen LogP contribution in [0.25, 0.3) is 0 Å². The summed E-state index contributed by atoms with van der Waals surface area (Å²) in [4.78, 5) is 22.5. The Labute approximate surface area is 126 Å². The van der Waals surface area contributed by atoms with Crippen LogP contribution in [-0.4, -0.2) is 24.1 Å². The van der Waals surface area contributed by atoms with E-state index in [1.807, 2.05) is 0 Å². The van der Waals surface area contributed by atoms with Crippen molar-refractivity contribution in [3.63, 3.8) is 0 Å². The molecule has 2 aliphatic carbocycles. The van der Waals surface area contributed by atoms with Crippen LogP contribution in [0.4, 0.5) is 0 Å². The molecule has 2 atom stereocenters. The summed E-state index contributed by atoms with van der Waals surface area (Å²) in [6.07, 6.45) is 8.41. The van der Waals surface area contributed by atoms with Crippen LogP contribution in [-0.2, 0) is 19.1 Å². The van der Waals surface area contributed by atoms with Crippen LogP contribution in [0.3, 0.4) is 0 Å². The number of hydrogen-bond acceptors (Lipinski definition) is 4. The smallest absolute Gasteiger partial charge is 0.302 e. The van der Waals surface area contributed by atoms with Crippen LogP contribution >= 0.6 is 0 Å². The van der Waals surface area contributed by atoms with Crippen LogP contribution in [0.2, 0.25) is 0 Å². The predicted molar refractivity (Wildman–Crippen MR) is 79.5 cm³/mol. The lowest BCUT2D eigenvalue weighted by Crippen LogP contribution is -2.36. The van der Waals surface area contributed by atoms with Crippen molar-refractivity contribution in [3.8, 4) is 0 Å². The molecule has 0 aromatic heterocycles. The summed E-state index contributed by atoms with van der Waals surface area (Å²) in [5, 5.41) is 0. The Morgan fingerprint density at radius 2 is 1.62 bits per heavy atom. The van der Waals surface area contributed by atoms with Crippen molar-refractivity contribution < 1.29 is 19.1 Å². The second-order valence-corrected chi connectivity index (χ2v) is 6.02. The van der Waals surface area contributed by atoms with E-state index in [9.17, 15) is 9.59 Å². The lowest BCUT2D eigenvalue weighted by molar-refractivity contribution is -0.157. The molecule has 0 radical (unpaired) electrons. The first-order valence-electron chi connectivity index (χ1n) is 7.66. The van der Waals surface area contributed by atoms with E-state index in [2.05, 4.69) is 19.1 Å². The van der Waals surface area contributed by atoms with Crippen molar-refractivity contribution in [3.05, 3.63) is 23.3 Å². The fourth-order valence-corrected chi connectivity index (χ4v) is 3.49. The molecule has 1 saturated carbocycles. The molecule has 0 bridgehead atoms. The number of carbonyl (C=O) groups excluding carboxylic acids is 2. The topological polar surface area (TPSA) is 52.6 Å². The van der Waals surface area contributed by atoms with Crippen molar-refractivity contribution in [1.29, 1.82) is 0 Å². The third kappa shape index (κ3) is 4.45. The van der Waals surface area contributed by atoms with Gasteiger partial charge in [-0.25, -0.2) is 0 Å². The summed E-state index contributed by atoms with van der Waals surface area (Å²) in [6, 6.07) is 0. The van der Waals surface area contributed by atoms with E-state index in [-0.39, 0.29) is 24.1 Å². The highest BCUT2D eigenvalue weighted by Crippen LogP contribution is 2.38. The minimum atomic E-state index is -0.267. The van der Waals surface area contributed by atoms with Crippen molar-refractivity contribution in [1.82, 2.24) is 0 Å². The number of carbonyl (C=O) groups is 2. The van der Waals surface area contributed by atoms with Gasteiger partial charge in [-0.1, -0.05) is 23.3 Å². The summed E-state index contributed by atoms with van der Waals surface area (Å²) in [6.45, 7) is 4.98. The van der Waals surface area contributed by atoms with Crippen LogP contribution in [0, 0.1) is 5.92 Å². The Bertz CT molecular complexity index is 451. The highest BCUT2D eigenvalue weighted by molar-refractivity contribution is 5.66. The Morgan fingerprint density at radius 1 is 1.05 bits per heavy atom. The van der Waals surface area contributed by atoms with Crippen LogP contribution in [0.15, 0.2) is 23.3 Å². The fourth-order valence-electron chi connectivity index (χ4n) is 3.49. The molecule has 0 aromatic rings. The lowest BCUT2D eigenvalue weighted by atomic mass is 9.76. The Kier molecular flexibility index (Phi) is 5.21. The molecule has 0 N–H and O–H groups in total. The number of allylic oxidation sites excluding steroid dienone is 4. The molecule has 0 saturated heterocycles. The summed E-state index contributed by atoms with van der Waals surface area (Å²) >= 11 is 0. The van der Waals surface area contributed by atoms with E-state index in [1.54, 1.807) is 0 Å². The molecule has 0 heterocycles. The van der Waals surface area contributed by atoms with Crippen molar-refractivity contribution in [2.45, 2.75) is 65.1 Å². The highest BCUT2D eigenvalue weighted by Gasteiger charge is 2.34. The minimum absolute atomic E-state index is 0.156. The van der Waals surface area contributed by atoms with E-state index >= 15 is 0 Å². The van der Waals surface area contributed by atoms with Gasteiger partial charge in [0.2, 0.25) is 0 Å². The van der Waals surface area contributed by atoms with Crippen LogP contribution < -0.4 is 0 Å². The molecule has 2 rings (SSSR count). The standard InChI is InChI=1S/C17H24O4/c1-11-6-4-5-7-17(11)14-8-15(20-12(2)18)10-16(9-14)21-13(3)19/h4,6,14-16H,5,7-10H2,1-3H3. The average Bonchev–Trinajstić information content (AvgIpc) is 2.37. The van der Waals surface area contributed by atoms with Gasteiger partial charge in [0.1, 0.15) is 12.2 Å². The normalized spacial score (nSPS) is 29.2. The SMILES string of the molecule is CC(=O)OC1CC(OC(C)=O)CC(C2=C(C)C=CCC2)C1. The Hall–Kier alpha value is -1.58. The maximum absolute atomic E-state index is 11.2. The zero-order valence-electron chi connectivity index (χ0n) is 13.1. The van der Waals surface area contributed by atoms with Gasteiger partial charge in [0, 0.05) is 20.3 Å². The number of esters is 2. The minimum Gasteiger partial charge on any atom is -0.462 e. The second kappa shape index (κ2) is 6.92. The zero-order chi connectivity index (χ0) is 15.4. The van der Waals surface area contributed by atoms with Crippen LogP contribution in [0.1, 0.15) is 52.9 Å². The number of rotatable bonds is 3. The van der Waals surface area contributed by atoms with Gasteiger partial charge in [-0.3, -0.25) is 9.59 Å². The molecule has 2 unspecified atom stereocenters. The molecule has 116 valence electrons. The maximum atomic E-state index is 11.2. The third-order valence-corrected chi connectivity index (χ3v) is 4.23. The monoisotopic (exact) mass is 292 g/mol. The number of hydrogen-bond donors (Lipinski definition) is 0. The quantitative estimate of drug-likeness (QED) is 0.749. The first-order valence-corrected chi connectivity index (χ1v) is 7.66. The van der Waals surface area contributed by atoms with Crippen molar-refractivity contribution in [2.24, 2.45) is 5.92 Å². The molecular weight excluding hydrogens is 268 g/mol. The Balaban J connectivity index is 2.13. The Morgan fingerprint density at radius 3 is 2.10 bits per heavy atom. The van der Waals surface area contributed by atoms with Gasteiger partial charge in [0.25, 0.3) is 0 Å². The molecule has 0 spiro atoms. The first-order chi connectivity index (χ1) is 9.95. The molecule has 2 aliphatic rings. The molecule has 4 heteroatoms. The summed E-state index contributed by atoms with van der Waals surface area (Å²) in [7, 11) is 0. The van der Waals surface area contributed by atoms with Gasteiger partial charge in [0.05, 0.1) is 0 Å². The molecule has 21 heavy (non-hydrogen) atoms. The van der Waals surface area contributed by atoms with Gasteiger partial charge < -0.3 is 9.47 Å². The first kappa shape index (κ1) is 15.8. The number of ether oxygens (including phenoxy) is 2.